The molecule has 1 aliphatic rings. The molecule has 0 saturated heterocycles. The number of aliphatic imine (C=N–C) groups is 1. The molecule has 1 atom stereocenters. The lowest BCUT2D eigenvalue weighted by atomic mass is 10.0. The molecule has 4 nitrogen and oxygen atoms in total. The Balaban J connectivity index is 2.73. The summed E-state index contributed by atoms with van der Waals surface area (Å²) in [5.41, 5.74) is -1.28. The summed E-state index contributed by atoms with van der Waals surface area (Å²) in [7, 11) is -1.29. The van der Waals surface area contributed by atoms with Crippen LogP contribution in [0.25, 0.3) is 0 Å². The number of ketones is 1. The summed E-state index contributed by atoms with van der Waals surface area (Å²) in [5, 5.41) is 0.354. The minimum Gasteiger partial charge on any atom is -0.490 e. The van der Waals surface area contributed by atoms with Gasteiger partial charge in [-0.2, -0.15) is 13.2 Å². The van der Waals surface area contributed by atoms with Crippen molar-refractivity contribution in [2.45, 2.75) is 37.9 Å². The number of ether oxygens (including phenoxy) is 2. The van der Waals surface area contributed by atoms with Gasteiger partial charge < -0.3 is 9.47 Å². The van der Waals surface area contributed by atoms with Crippen LogP contribution in [0, 0.1) is 0 Å². The van der Waals surface area contributed by atoms with Gasteiger partial charge in [-0.3, -0.25) is 9.79 Å². The Hall–Kier alpha value is -0.673. The maximum atomic E-state index is 13.1. The van der Waals surface area contributed by atoms with Crippen molar-refractivity contribution < 1.29 is 27.4 Å². The second kappa shape index (κ2) is 8.43. The summed E-state index contributed by atoms with van der Waals surface area (Å²) in [6, 6.07) is -0.288. The van der Waals surface area contributed by atoms with Crippen molar-refractivity contribution in [3.8, 4) is 0 Å². The molecule has 0 N–H and O–H groups in total. The summed E-state index contributed by atoms with van der Waals surface area (Å²) >= 11 is 3.06. The highest BCUT2D eigenvalue weighted by atomic mass is 79.9. The van der Waals surface area contributed by atoms with Crippen molar-refractivity contribution in [3.05, 3.63) is 11.3 Å². The first-order chi connectivity index (χ1) is 10.6. The summed E-state index contributed by atoms with van der Waals surface area (Å²) in [6.07, 6.45) is -3.80. The van der Waals surface area contributed by atoms with Gasteiger partial charge in [0.15, 0.2) is 11.5 Å². The number of carbonyl (C=O) groups excluding carboxylic acids is 1. The SMILES string of the molecule is C[Si](C)(C)CCOCC1N=CC(OCCBr)=C(C(F)(F)F)C1=O. The van der Waals surface area contributed by atoms with E-state index in [1.54, 1.807) is 0 Å². The molecule has 0 spiro atoms. The van der Waals surface area contributed by atoms with Crippen molar-refractivity contribution in [1.29, 1.82) is 0 Å². The number of dihydropyridines is 1. The quantitative estimate of drug-likeness (QED) is 0.345. The zero-order valence-corrected chi connectivity index (χ0v) is 16.0. The van der Waals surface area contributed by atoms with Crippen LogP contribution < -0.4 is 0 Å². The highest BCUT2D eigenvalue weighted by Crippen LogP contribution is 2.32. The number of nitrogens with zero attached hydrogens (tertiary/aromatic N) is 1. The van der Waals surface area contributed by atoms with Crippen LogP contribution in [0.4, 0.5) is 13.2 Å². The molecule has 9 heteroatoms. The second-order valence-corrected chi connectivity index (χ2v) is 12.7. The van der Waals surface area contributed by atoms with Crippen molar-refractivity contribution in [2.75, 3.05) is 25.2 Å². The fraction of sp³-hybridized carbons (Fsp3) is 0.714. The monoisotopic (exact) mass is 415 g/mol. The predicted molar refractivity (Wildman–Crippen MR) is 89.1 cm³/mol. The molecule has 23 heavy (non-hydrogen) atoms. The topological polar surface area (TPSA) is 47.9 Å². The Labute approximate surface area is 143 Å². The normalized spacial score (nSPS) is 19.4. The van der Waals surface area contributed by atoms with Gasteiger partial charge in [0.1, 0.15) is 11.6 Å². The third-order valence-corrected chi connectivity index (χ3v) is 5.09. The third kappa shape index (κ3) is 6.76. The number of halogens is 4. The molecule has 0 radical (unpaired) electrons. The van der Waals surface area contributed by atoms with E-state index in [0.29, 0.717) is 11.9 Å². The van der Waals surface area contributed by atoms with Gasteiger partial charge in [-0.15, -0.1) is 0 Å². The molecule has 0 aromatic carbocycles. The van der Waals surface area contributed by atoms with E-state index in [4.69, 9.17) is 9.47 Å². The number of hydrogen-bond acceptors (Lipinski definition) is 4. The average Bonchev–Trinajstić information content (AvgIpc) is 2.40. The second-order valence-electron chi connectivity index (χ2n) is 6.32. The van der Waals surface area contributed by atoms with Crippen molar-refractivity contribution in [2.24, 2.45) is 4.99 Å². The molecule has 1 heterocycles. The molecule has 0 saturated carbocycles. The predicted octanol–water partition coefficient (Wildman–Crippen LogP) is 3.59. The maximum Gasteiger partial charge on any atom is 0.423 e. The molecular weight excluding hydrogens is 395 g/mol. The number of carbonyl (C=O) groups is 1. The first-order valence-electron chi connectivity index (χ1n) is 7.21. The summed E-state index contributed by atoms with van der Waals surface area (Å²) in [4.78, 5) is 15.9. The van der Waals surface area contributed by atoms with Gasteiger partial charge in [-0.05, 0) is 6.04 Å². The third-order valence-electron chi connectivity index (χ3n) is 3.06. The number of alkyl halides is 4. The van der Waals surface area contributed by atoms with E-state index in [1.165, 1.54) is 0 Å². The van der Waals surface area contributed by atoms with E-state index in [9.17, 15) is 18.0 Å². The van der Waals surface area contributed by atoms with E-state index < -0.39 is 37.4 Å². The fourth-order valence-corrected chi connectivity index (χ4v) is 2.73. The van der Waals surface area contributed by atoms with Crippen LogP contribution in [-0.2, 0) is 14.3 Å². The van der Waals surface area contributed by atoms with Crippen molar-refractivity contribution in [1.82, 2.24) is 0 Å². The number of Topliss-reactive ketones (excluding diaryl/α,β-unsaturated/α-hetero) is 1. The number of rotatable bonds is 8. The molecular formula is C14H21BrF3NO3Si. The van der Waals surface area contributed by atoms with Gasteiger partial charge in [-0.1, -0.05) is 35.6 Å². The summed E-state index contributed by atoms with van der Waals surface area (Å²) < 4.78 is 49.7. The van der Waals surface area contributed by atoms with Crippen LogP contribution in [0.5, 0.6) is 0 Å². The van der Waals surface area contributed by atoms with Crippen LogP contribution in [0.3, 0.4) is 0 Å². The minimum absolute atomic E-state index is 0.0194. The molecule has 0 amide bonds. The van der Waals surface area contributed by atoms with Gasteiger partial charge in [0.25, 0.3) is 0 Å². The van der Waals surface area contributed by atoms with Crippen LogP contribution >= 0.6 is 15.9 Å². The highest BCUT2D eigenvalue weighted by Gasteiger charge is 2.46. The molecule has 1 rings (SSSR count). The number of hydrogen-bond donors (Lipinski definition) is 0. The van der Waals surface area contributed by atoms with Crippen LogP contribution in [0.1, 0.15) is 0 Å². The Bertz CT molecular complexity index is 487. The zero-order valence-electron chi connectivity index (χ0n) is 13.4. The van der Waals surface area contributed by atoms with Crippen molar-refractivity contribution in [3.63, 3.8) is 0 Å². The van der Waals surface area contributed by atoms with Gasteiger partial charge in [0.05, 0.1) is 19.4 Å². The largest absolute Gasteiger partial charge is 0.490 e. The Morgan fingerprint density at radius 2 is 1.96 bits per heavy atom. The highest BCUT2D eigenvalue weighted by molar-refractivity contribution is 9.09. The zero-order chi connectivity index (χ0) is 17.7. The lowest BCUT2D eigenvalue weighted by Gasteiger charge is -2.23. The summed E-state index contributed by atoms with van der Waals surface area (Å²) in [6.45, 7) is 6.79. The van der Waals surface area contributed by atoms with E-state index in [2.05, 4.69) is 40.6 Å². The fourth-order valence-electron chi connectivity index (χ4n) is 1.81. The lowest BCUT2D eigenvalue weighted by molar-refractivity contribution is -0.132. The Morgan fingerprint density at radius 1 is 1.30 bits per heavy atom. The molecule has 0 bridgehead atoms. The minimum atomic E-state index is -4.78. The molecule has 1 aliphatic heterocycles. The maximum absolute atomic E-state index is 13.1. The van der Waals surface area contributed by atoms with Gasteiger partial charge >= 0.3 is 6.18 Å². The van der Waals surface area contributed by atoms with E-state index >= 15 is 0 Å². The summed E-state index contributed by atoms with van der Waals surface area (Å²) in [5.74, 6) is -1.63. The molecule has 0 aliphatic carbocycles. The number of allylic oxidation sites excluding steroid dienone is 1. The van der Waals surface area contributed by atoms with Crippen molar-refractivity contribution >= 4 is 36.0 Å². The van der Waals surface area contributed by atoms with Crippen LogP contribution in [-0.4, -0.2) is 57.4 Å². The first kappa shape index (κ1) is 20.4. The van der Waals surface area contributed by atoms with Gasteiger partial charge in [0, 0.05) is 20.0 Å². The molecule has 0 aromatic heterocycles. The molecule has 0 fully saturated rings. The van der Waals surface area contributed by atoms with E-state index in [-0.39, 0.29) is 13.2 Å². The average molecular weight is 416 g/mol. The van der Waals surface area contributed by atoms with E-state index in [0.717, 1.165) is 12.3 Å². The Morgan fingerprint density at radius 3 is 2.48 bits per heavy atom. The Kier molecular flexibility index (Phi) is 7.47. The lowest BCUT2D eigenvalue weighted by Crippen LogP contribution is -2.37. The van der Waals surface area contributed by atoms with Crippen LogP contribution in [0.15, 0.2) is 16.3 Å². The smallest absolute Gasteiger partial charge is 0.423 e. The molecule has 1 unspecified atom stereocenters. The van der Waals surface area contributed by atoms with Gasteiger partial charge in [-0.25, -0.2) is 0 Å². The van der Waals surface area contributed by atoms with Gasteiger partial charge in [0.2, 0.25) is 0 Å². The van der Waals surface area contributed by atoms with E-state index in [1.807, 2.05) is 0 Å². The molecule has 0 aromatic rings. The van der Waals surface area contributed by atoms with Crippen LogP contribution in [0.2, 0.25) is 25.7 Å². The first-order valence-corrected chi connectivity index (χ1v) is 12.0. The standard InChI is InChI=1S/C14H21BrF3NO3Si/c1-23(2,3)7-6-21-9-10-13(20)12(14(16,17)18)11(8-19-10)22-5-4-15/h8,10H,4-7,9H2,1-3H3. The molecule has 132 valence electrons.